The number of rotatable bonds is 5. The minimum atomic E-state index is 0.294. The van der Waals surface area contributed by atoms with Gasteiger partial charge in [0.2, 0.25) is 0 Å². The van der Waals surface area contributed by atoms with Crippen molar-refractivity contribution in [2.45, 2.75) is 25.3 Å². The van der Waals surface area contributed by atoms with Crippen LogP contribution in [0, 0.1) is 0 Å². The molecule has 0 saturated heterocycles. The highest BCUT2D eigenvalue weighted by Crippen LogP contribution is 2.36. The Kier molecular flexibility index (Phi) is 5.54. The van der Waals surface area contributed by atoms with Gasteiger partial charge in [-0.1, -0.05) is 29.3 Å². The van der Waals surface area contributed by atoms with E-state index < -0.39 is 0 Å². The minimum absolute atomic E-state index is 0.294. The van der Waals surface area contributed by atoms with E-state index in [1.807, 2.05) is 18.2 Å². The molecule has 0 bridgehead atoms. The molecule has 0 radical (unpaired) electrons. The Morgan fingerprint density at radius 3 is 2.50 bits per heavy atom. The van der Waals surface area contributed by atoms with Gasteiger partial charge in [0, 0.05) is 6.04 Å². The Morgan fingerprint density at radius 2 is 1.79 bits per heavy atom. The summed E-state index contributed by atoms with van der Waals surface area (Å²) in [7, 11) is 3.35. The fourth-order valence-corrected chi connectivity index (χ4v) is 3.55. The number of halogens is 2. The zero-order chi connectivity index (χ0) is 17.1. The average molecular weight is 366 g/mol. The maximum atomic E-state index is 6.11. The quantitative estimate of drug-likeness (QED) is 0.822. The van der Waals surface area contributed by atoms with Crippen molar-refractivity contribution in [3.63, 3.8) is 0 Å². The summed E-state index contributed by atoms with van der Waals surface area (Å²) in [5.74, 6) is 1.57. The van der Waals surface area contributed by atoms with E-state index in [4.69, 9.17) is 32.7 Å². The Labute approximate surface area is 152 Å². The molecule has 0 aromatic heterocycles. The summed E-state index contributed by atoms with van der Waals surface area (Å²) in [6.07, 6.45) is 2.92. The number of hydrogen-bond donors (Lipinski definition) is 1. The van der Waals surface area contributed by atoms with Gasteiger partial charge in [-0.25, -0.2) is 0 Å². The van der Waals surface area contributed by atoms with Crippen molar-refractivity contribution in [1.29, 1.82) is 0 Å². The maximum absolute atomic E-state index is 6.11. The van der Waals surface area contributed by atoms with Gasteiger partial charge in [-0.2, -0.15) is 0 Å². The Hall–Kier alpha value is -1.42. The molecular weight excluding hydrogens is 345 g/mol. The molecule has 3 nitrogen and oxygen atoms in total. The average Bonchev–Trinajstić information content (AvgIpc) is 2.61. The zero-order valence-electron chi connectivity index (χ0n) is 13.9. The molecule has 24 heavy (non-hydrogen) atoms. The molecule has 3 rings (SSSR count). The molecule has 1 N–H and O–H groups in total. The Morgan fingerprint density at radius 1 is 1.04 bits per heavy atom. The largest absolute Gasteiger partial charge is 0.493 e. The second-order valence-corrected chi connectivity index (χ2v) is 6.76. The molecule has 1 aliphatic heterocycles. The molecule has 1 heterocycles. The van der Waals surface area contributed by atoms with E-state index in [1.165, 1.54) is 16.7 Å². The first-order valence-corrected chi connectivity index (χ1v) is 8.80. The van der Waals surface area contributed by atoms with Gasteiger partial charge < -0.3 is 14.8 Å². The lowest BCUT2D eigenvalue weighted by Gasteiger charge is -2.28. The zero-order valence-corrected chi connectivity index (χ0v) is 15.4. The minimum Gasteiger partial charge on any atom is -0.493 e. The van der Waals surface area contributed by atoms with Crippen LogP contribution < -0.4 is 14.8 Å². The summed E-state index contributed by atoms with van der Waals surface area (Å²) < 4.78 is 10.9. The summed E-state index contributed by atoms with van der Waals surface area (Å²) in [6.45, 7) is 0.967. The van der Waals surface area contributed by atoms with Crippen LogP contribution in [-0.4, -0.2) is 20.8 Å². The lowest BCUT2D eigenvalue weighted by atomic mass is 9.90. The molecule has 0 amide bonds. The molecule has 2 aromatic carbocycles. The molecule has 0 spiro atoms. The van der Waals surface area contributed by atoms with Gasteiger partial charge in [0.15, 0.2) is 11.5 Å². The molecule has 0 saturated carbocycles. The van der Waals surface area contributed by atoms with Crippen LogP contribution in [0.3, 0.4) is 0 Å². The molecule has 0 unspecified atom stereocenters. The third kappa shape index (κ3) is 3.64. The first kappa shape index (κ1) is 17.4. The highest BCUT2D eigenvalue weighted by molar-refractivity contribution is 6.42. The molecular formula is C19H21Cl2NO2. The number of ether oxygens (including phenoxy) is 2. The number of fused-ring (bicyclic) bond motifs is 1. The van der Waals surface area contributed by atoms with E-state index in [2.05, 4.69) is 17.4 Å². The molecule has 1 aliphatic rings. The van der Waals surface area contributed by atoms with Gasteiger partial charge in [0.25, 0.3) is 0 Å². The van der Waals surface area contributed by atoms with Crippen LogP contribution in [0.4, 0.5) is 0 Å². The molecule has 5 heteroatoms. The molecule has 0 fully saturated rings. The summed E-state index contributed by atoms with van der Waals surface area (Å²) in [4.78, 5) is 0. The standard InChI is InChI=1S/C19H21Cl2NO2/c1-23-18-10-13-7-8-22-17(14(13)11-19(18)24-2)6-4-12-3-5-15(20)16(21)9-12/h3,5,9-11,17,22H,4,6-8H2,1-2H3/t17-/m0/s1. The molecule has 1 atom stereocenters. The van der Waals surface area contributed by atoms with E-state index in [0.717, 1.165) is 37.3 Å². The SMILES string of the molecule is COc1cc2c(cc1OC)[C@H](CCc1ccc(Cl)c(Cl)c1)NCC2. The van der Waals surface area contributed by atoms with Crippen LogP contribution >= 0.6 is 23.2 Å². The predicted octanol–water partition coefficient (Wildman–Crippen LogP) is 4.83. The molecule has 128 valence electrons. The summed E-state index contributed by atoms with van der Waals surface area (Å²) in [5.41, 5.74) is 3.81. The third-order valence-electron chi connectivity index (χ3n) is 4.51. The van der Waals surface area contributed by atoms with E-state index in [9.17, 15) is 0 Å². The first-order chi connectivity index (χ1) is 11.6. The molecule has 2 aromatic rings. The fraction of sp³-hybridized carbons (Fsp3) is 0.368. The number of nitrogens with one attached hydrogen (secondary N) is 1. The number of methoxy groups -OCH3 is 2. The van der Waals surface area contributed by atoms with Gasteiger partial charge in [0.1, 0.15) is 0 Å². The highest BCUT2D eigenvalue weighted by atomic mass is 35.5. The number of aryl methyl sites for hydroxylation is 1. The topological polar surface area (TPSA) is 30.5 Å². The lowest BCUT2D eigenvalue weighted by molar-refractivity contribution is 0.351. The van der Waals surface area contributed by atoms with Gasteiger partial charge in [-0.15, -0.1) is 0 Å². The van der Waals surface area contributed by atoms with Crippen molar-refractivity contribution >= 4 is 23.2 Å². The van der Waals surface area contributed by atoms with Gasteiger partial charge in [0.05, 0.1) is 24.3 Å². The predicted molar refractivity (Wildman–Crippen MR) is 98.8 cm³/mol. The van der Waals surface area contributed by atoms with E-state index in [0.29, 0.717) is 16.1 Å². The van der Waals surface area contributed by atoms with Crippen molar-refractivity contribution in [3.05, 3.63) is 57.1 Å². The van der Waals surface area contributed by atoms with Crippen LogP contribution in [0.15, 0.2) is 30.3 Å². The number of benzene rings is 2. The summed E-state index contributed by atoms with van der Waals surface area (Å²) >= 11 is 12.1. The van der Waals surface area contributed by atoms with Crippen molar-refractivity contribution < 1.29 is 9.47 Å². The fourth-order valence-electron chi connectivity index (χ4n) is 3.23. The lowest BCUT2D eigenvalue weighted by Crippen LogP contribution is -2.30. The smallest absolute Gasteiger partial charge is 0.161 e. The van der Waals surface area contributed by atoms with E-state index in [-0.39, 0.29) is 0 Å². The van der Waals surface area contributed by atoms with Gasteiger partial charge >= 0.3 is 0 Å². The maximum Gasteiger partial charge on any atom is 0.161 e. The van der Waals surface area contributed by atoms with Crippen LogP contribution in [0.2, 0.25) is 10.0 Å². The summed E-state index contributed by atoms with van der Waals surface area (Å²) in [6, 6.07) is 10.3. The third-order valence-corrected chi connectivity index (χ3v) is 5.25. The van der Waals surface area contributed by atoms with Crippen LogP contribution in [0.1, 0.15) is 29.2 Å². The second-order valence-electron chi connectivity index (χ2n) is 5.95. The van der Waals surface area contributed by atoms with Crippen molar-refractivity contribution in [3.8, 4) is 11.5 Å². The van der Waals surface area contributed by atoms with Gasteiger partial charge in [-0.05, 0) is 66.8 Å². The number of hydrogen-bond acceptors (Lipinski definition) is 3. The monoisotopic (exact) mass is 365 g/mol. The van der Waals surface area contributed by atoms with E-state index in [1.54, 1.807) is 14.2 Å². The normalized spacial score (nSPS) is 16.6. The van der Waals surface area contributed by atoms with Crippen LogP contribution in [0.25, 0.3) is 0 Å². The molecule has 0 aliphatic carbocycles. The summed E-state index contributed by atoms with van der Waals surface area (Å²) in [5, 5.41) is 4.81. The first-order valence-electron chi connectivity index (χ1n) is 8.04. The van der Waals surface area contributed by atoms with E-state index >= 15 is 0 Å². The Balaban J connectivity index is 1.80. The van der Waals surface area contributed by atoms with Crippen LogP contribution in [-0.2, 0) is 12.8 Å². The highest BCUT2D eigenvalue weighted by Gasteiger charge is 2.22. The van der Waals surface area contributed by atoms with Crippen LogP contribution in [0.5, 0.6) is 11.5 Å². The van der Waals surface area contributed by atoms with Gasteiger partial charge in [-0.3, -0.25) is 0 Å². The van der Waals surface area contributed by atoms with Crippen molar-refractivity contribution in [2.75, 3.05) is 20.8 Å². The second kappa shape index (κ2) is 7.64. The van der Waals surface area contributed by atoms with Crippen molar-refractivity contribution in [1.82, 2.24) is 5.32 Å². The Bertz CT molecular complexity index is 734. The van der Waals surface area contributed by atoms with Crippen molar-refractivity contribution in [2.24, 2.45) is 0 Å².